The van der Waals surface area contributed by atoms with Crippen molar-refractivity contribution in [2.45, 2.75) is 25.7 Å². The van der Waals surface area contributed by atoms with Gasteiger partial charge in [0.05, 0.1) is 23.4 Å². The molecule has 1 aromatic rings. The minimum atomic E-state index is -0.249. The molecule has 8 heteroatoms. The first-order chi connectivity index (χ1) is 13.5. The van der Waals surface area contributed by atoms with Gasteiger partial charge in [0.25, 0.3) is 5.91 Å². The lowest BCUT2D eigenvalue weighted by molar-refractivity contribution is -0.138. The van der Waals surface area contributed by atoms with Crippen LogP contribution in [-0.2, 0) is 4.79 Å². The third-order valence-corrected chi connectivity index (χ3v) is 5.96. The SMILES string of the molecule is COc1cc(N)c(Cl)cc1C(=O)NCC1CCCN(C(=O)C2CCNCC2)C1. The highest BCUT2D eigenvalue weighted by molar-refractivity contribution is 6.33. The van der Waals surface area contributed by atoms with Crippen LogP contribution in [0.1, 0.15) is 36.0 Å². The van der Waals surface area contributed by atoms with Crippen LogP contribution in [0.25, 0.3) is 0 Å². The molecule has 28 heavy (non-hydrogen) atoms. The molecule has 2 aliphatic heterocycles. The van der Waals surface area contributed by atoms with Gasteiger partial charge in [-0.1, -0.05) is 11.6 Å². The van der Waals surface area contributed by atoms with Crippen molar-refractivity contribution in [1.82, 2.24) is 15.5 Å². The van der Waals surface area contributed by atoms with E-state index in [0.717, 1.165) is 45.3 Å². The highest BCUT2D eigenvalue weighted by Crippen LogP contribution is 2.29. The summed E-state index contributed by atoms with van der Waals surface area (Å²) >= 11 is 6.05. The number of nitrogens with two attached hydrogens (primary N) is 1. The molecule has 154 valence electrons. The van der Waals surface area contributed by atoms with Gasteiger partial charge in [0.2, 0.25) is 5.91 Å². The van der Waals surface area contributed by atoms with E-state index in [2.05, 4.69) is 10.6 Å². The average Bonchev–Trinajstić information content (AvgIpc) is 2.73. The smallest absolute Gasteiger partial charge is 0.255 e. The van der Waals surface area contributed by atoms with Gasteiger partial charge in [0.1, 0.15) is 5.75 Å². The Hall–Kier alpha value is -1.99. The van der Waals surface area contributed by atoms with Gasteiger partial charge in [-0.05, 0) is 50.8 Å². The van der Waals surface area contributed by atoms with Gasteiger partial charge in [0.15, 0.2) is 0 Å². The molecule has 3 rings (SSSR count). The number of ether oxygens (including phenoxy) is 1. The molecule has 0 bridgehead atoms. The van der Waals surface area contributed by atoms with Gasteiger partial charge in [-0.25, -0.2) is 0 Å². The summed E-state index contributed by atoms with van der Waals surface area (Å²) in [5.74, 6) is 0.796. The van der Waals surface area contributed by atoms with E-state index in [1.54, 1.807) is 6.07 Å². The zero-order valence-electron chi connectivity index (χ0n) is 16.3. The first-order valence-corrected chi connectivity index (χ1v) is 10.3. The number of piperidine rings is 2. The second-order valence-electron chi connectivity index (χ2n) is 7.60. The topological polar surface area (TPSA) is 96.7 Å². The van der Waals surface area contributed by atoms with E-state index in [0.29, 0.717) is 35.1 Å². The molecule has 0 radical (unpaired) electrons. The standard InChI is InChI=1S/C20H29ClN4O3/c1-28-18-10-17(22)16(21)9-15(18)19(26)24-11-13-3-2-8-25(12-13)20(27)14-4-6-23-7-5-14/h9-10,13-14,23H,2-8,11-12,22H2,1H3,(H,24,26). The molecule has 1 aromatic carbocycles. The maximum atomic E-state index is 12.8. The largest absolute Gasteiger partial charge is 0.496 e. The quantitative estimate of drug-likeness (QED) is 0.646. The lowest BCUT2D eigenvalue weighted by atomic mass is 9.93. The molecule has 7 nitrogen and oxygen atoms in total. The van der Waals surface area contributed by atoms with Gasteiger partial charge in [-0.2, -0.15) is 0 Å². The number of hydrogen-bond donors (Lipinski definition) is 3. The first-order valence-electron chi connectivity index (χ1n) is 9.90. The number of carbonyl (C=O) groups excluding carboxylic acids is 2. The van der Waals surface area contributed by atoms with E-state index in [1.807, 2.05) is 4.90 Å². The van der Waals surface area contributed by atoms with Crippen molar-refractivity contribution < 1.29 is 14.3 Å². The Morgan fingerprint density at radius 2 is 2.07 bits per heavy atom. The summed E-state index contributed by atoms with van der Waals surface area (Å²) < 4.78 is 5.25. The van der Waals surface area contributed by atoms with E-state index in [-0.39, 0.29) is 23.7 Å². The van der Waals surface area contributed by atoms with Crippen LogP contribution < -0.4 is 21.1 Å². The number of nitrogens with one attached hydrogen (secondary N) is 2. The molecular weight excluding hydrogens is 380 g/mol. The molecular formula is C20H29ClN4O3. The number of benzene rings is 1. The molecule has 2 amide bonds. The summed E-state index contributed by atoms with van der Waals surface area (Å²) in [4.78, 5) is 27.4. The summed E-state index contributed by atoms with van der Waals surface area (Å²) in [6.45, 7) is 3.85. The number of amides is 2. The number of nitrogen functional groups attached to an aromatic ring is 1. The Morgan fingerprint density at radius 3 is 2.79 bits per heavy atom. The van der Waals surface area contributed by atoms with E-state index in [4.69, 9.17) is 22.1 Å². The molecule has 2 saturated heterocycles. The monoisotopic (exact) mass is 408 g/mol. The lowest BCUT2D eigenvalue weighted by Gasteiger charge is -2.36. The molecule has 1 unspecified atom stereocenters. The van der Waals surface area contributed by atoms with Crippen molar-refractivity contribution in [3.63, 3.8) is 0 Å². The third-order valence-electron chi connectivity index (χ3n) is 5.63. The van der Waals surface area contributed by atoms with Gasteiger partial charge in [0, 0.05) is 31.6 Å². The second-order valence-corrected chi connectivity index (χ2v) is 8.01. The number of carbonyl (C=O) groups is 2. The summed E-state index contributed by atoms with van der Waals surface area (Å²) in [5, 5.41) is 6.59. The van der Waals surface area contributed by atoms with Crippen LogP contribution in [0.2, 0.25) is 5.02 Å². The fraction of sp³-hybridized carbons (Fsp3) is 0.600. The van der Waals surface area contributed by atoms with E-state index < -0.39 is 0 Å². The van der Waals surface area contributed by atoms with Gasteiger partial charge in [-0.3, -0.25) is 9.59 Å². The van der Waals surface area contributed by atoms with Crippen LogP contribution in [0.5, 0.6) is 5.75 Å². The van der Waals surface area contributed by atoms with E-state index >= 15 is 0 Å². The molecule has 0 spiro atoms. The number of halogens is 1. The Bertz CT molecular complexity index is 722. The van der Waals surface area contributed by atoms with Crippen molar-refractivity contribution in [2.75, 3.05) is 45.6 Å². The van der Waals surface area contributed by atoms with Crippen LogP contribution in [-0.4, -0.2) is 56.5 Å². The van der Waals surface area contributed by atoms with Crippen molar-refractivity contribution in [1.29, 1.82) is 0 Å². The molecule has 0 aromatic heterocycles. The first kappa shape index (κ1) is 20.7. The van der Waals surface area contributed by atoms with Gasteiger partial charge < -0.3 is 26.0 Å². The number of anilines is 1. The van der Waals surface area contributed by atoms with Gasteiger partial charge >= 0.3 is 0 Å². The second kappa shape index (κ2) is 9.47. The van der Waals surface area contributed by atoms with E-state index in [9.17, 15) is 9.59 Å². The summed E-state index contributed by atoms with van der Waals surface area (Å²) in [5.41, 5.74) is 6.51. The highest BCUT2D eigenvalue weighted by Gasteiger charge is 2.30. The number of methoxy groups -OCH3 is 1. The summed E-state index contributed by atoms with van der Waals surface area (Å²) in [7, 11) is 1.49. The Kier molecular flexibility index (Phi) is 7.02. The van der Waals surface area contributed by atoms with Crippen LogP contribution in [0.4, 0.5) is 5.69 Å². The fourth-order valence-electron chi connectivity index (χ4n) is 4.01. The number of nitrogens with zero attached hydrogens (tertiary/aromatic N) is 1. The molecule has 2 fully saturated rings. The summed E-state index contributed by atoms with van der Waals surface area (Å²) in [6.07, 6.45) is 3.78. The third kappa shape index (κ3) is 4.89. The Balaban J connectivity index is 1.56. The van der Waals surface area contributed by atoms with Crippen LogP contribution in [0.15, 0.2) is 12.1 Å². The molecule has 2 aliphatic rings. The maximum absolute atomic E-state index is 12.8. The molecule has 0 aliphatic carbocycles. The lowest BCUT2D eigenvalue weighted by Crippen LogP contribution is -2.47. The van der Waals surface area contributed by atoms with Crippen molar-refractivity contribution in [3.05, 3.63) is 22.7 Å². The highest BCUT2D eigenvalue weighted by atomic mass is 35.5. The van der Waals surface area contributed by atoms with Gasteiger partial charge in [-0.15, -0.1) is 0 Å². The Labute approximate surface area is 170 Å². The predicted molar refractivity (Wildman–Crippen MR) is 110 cm³/mol. The van der Waals surface area contributed by atoms with Crippen LogP contribution in [0, 0.1) is 11.8 Å². The van der Waals surface area contributed by atoms with Crippen LogP contribution in [0.3, 0.4) is 0 Å². The minimum absolute atomic E-state index is 0.135. The Morgan fingerprint density at radius 1 is 1.32 bits per heavy atom. The molecule has 4 N–H and O–H groups in total. The van der Waals surface area contributed by atoms with Crippen molar-refractivity contribution in [3.8, 4) is 5.75 Å². The zero-order chi connectivity index (χ0) is 20.1. The zero-order valence-corrected chi connectivity index (χ0v) is 17.1. The normalized spacial score (nSPS) is 20.6. The van der Waals surface area contributed by atoms with Crippen LogP contribution >= 0.6 is 11.6 Å². The number of rotatable bonds is 5. The predicted octanol–water partition coefficient (Wildman–Crippen LogP) is 1.90. The minimum Gasteiger partial charge on any atom is -0.496 e. The molecule has 0 saturated carbocycles. The fourth-order valence-corrected chi connectivity index (χ4v) is 4.17. The van der Waals surface area contributed by atoms with Crippen molar-refractivity contribution >= 4 is 29.1 Å². The molecule has 1 atom stereocenters. The summed E-state index contributed by atoms with van der Waals surface area (Å²) in [6, 6.07) is 3.08. The average molecular weight is 409 g/mol. The van der Waals surface area contributed by atoms with E-state index in [1.165, 1.54) is 13.2 Å². The molecule has 2 heterocycles. The van der Waals surface area contributed by atoms with Crippen molar-refractivity contribution in [2.24, 2.45) is 11.8 Å². The maximum Gasteiger partial charge on any atom is 0.255 e. The number of likely N-dealkylation sites (tertiary alicyclic amines) is 1. The number of hydrogen-bond acceptors (Lipinski definition) is 5.